The molecule has 0 aliphatic rings. The van der Waals surface area contributed by atoms with Crippen molar-refractivity contribution in [3.63, 3.8) is 0 Å². The summed E-state index contributed by atoms with van der Waals surface area (Å²) in [5.41, 5.74) is 2.42. The van der Waals surface area contributed by atoms with Crippen molar-refractivity contribution in [2.45, 2.75) is 25.8 Å². The van der Waals surface area contributed by atoms with Crippen LogP contribution < -0.4 is 5.32 Å². The number of nitrogens with one attached hydrogen (secondary N) is 1. The van der Waals surface area contributed by atoms with Crippen LogP contribution in [0.2, 0.25) is 0 Å². The fraction of sp³-hybridized carbons (Fsp3) is 0.294. The lowest BCUT2D eigenvalue weighted by molar-refractivity contribution is 0.526. The molecular weight excluding hydrogens is 444 g/mol. The van der Waals surface area contributed by atoms with E-state index in [-0.39, 0.29) is 11.9 Å². The molecule has 0 radical (unpaired) electrons. The number of rotatable bonds is 6. The van der Waals surface area contributed by atoms with Gasteiger partial charge in [0.15, 0.2) is 0 Å². The molecule has 0 aromatic heterocycles. The van der Waals surface area contributed by atoms with Gasteiger partial charge in [0.1, 0.15) is 5.82 Å². The second-order valence-electron chi connectivity index (χ2n) is 4.98. The summed E-state index contributed by atoms with van der Waals surface area (Å²) in [5.74, 6) is -0.217. The molecular formula is C17H18BrFIN. The maximum Gasteiger partial charge on any atom is 0.137 e. The minimum atomic E-state index is -0.217. The molecule has 2 aromatic carbocycles. The zero-order valence-corrected chi connectivity index (χ0v) is 15.6. The minimum Gasteiger partial charge on any atom is -0.310 e. The van der Waals surface area contributed by atoms with Crippen LogP contribution in [0.3, 0.4) is 0 Å². The topological polar surface area (TPSA) is 12.0 Å². The standard InChI is InChI=1S/C17H18BrFIN/c1-2-9-21-17(13-5-3-4-6-16(13)20)11-12-7-8-15(19)14(18)10-12/h3-8,10,17,21H,2,9,11H2,1H3. The van der Waals surface area contributed by atoms with Gasteiger partial charge in [0, 0.05) is 9.61 Å². The maximum absolute atomic E-state index is 13.4. The van der Waals surface area contributed by atoms with E-state index in [1.807, 2.05) is 12.1 Å². The van der Waals surface area contributed by atoms with E-state index in [1.165, 1.54) is 15.2 Å². The Morgan fingerprint density at radius 3 is 2.67 bits per heavy atom. The van der Waals surface area contributed by atoms with E-state index in [4.69, 9.17) is 0 Å². The molecule has 0 aliphatic carbocycles. The van der Waals surface area contributed by atoms with Crippen LogP contribution in [0.25, 0.3) is 0 Å². The molecule has 1 N–H and O–H groups in total. The second kappa shape index (κ2) is 8.25. The fourth-order valence-electron chi connectivity index (χ4n) is 2.27. The Kier molecular flexibility index (Phi) is 6.64. The highest BCUT2D eigenvalue weighted by molar-refractivity contribution is 14.1. The van der Waals surface area contributed by atoms with Crippen molar-refractivity contribution < 1.29 is 4.39 Å². The summed E-state index contributed by atoms with van der Waals surface area (Å²) in [6.07, 6.45) is 1.94. The lowest BCUT2D eigenvalue weighted by atomic mass is 9.98. The van der Waals surface area contributed by atoms with Crippen LogP contribution in [0.1, 0.15) is 30.5 Å². The van der Waals surface area contributed by atoms with Gasteiger partial charge in [0.05, 0.1) is 4.47 Å². The average Bonchev–Trinajstić information content (AvgIpc) is 2.48. The van der Waals surface area contributed by atoms with Crippen molar-refractivity contribution in [2.75, 3.05) is 6.54 Å². The summed E-state index contributed by atoms with van der Waals surface area (Å²) in [4.78, 5) is 0. The van der Waals surface area contributed by atoms with Crippen molar-refractivity contribution in [3.8, 4) is 0 Å². The van der Waals surface area contributed by atoms with E-state index in [0.717, 1.165) is 24.9 Å². The lowest BCUT2D eigenvalue weighted by Crippen LogP contribution is -2.24. The van der Waals surface area contributed by atoms with Gasteiger partial charge in [-0.1, -0.05) is 31.2 Å². The van der Waals surface area contributed by atoms with Crippen molar-refractivity contribution in [1.29, 1.82) is 0 Å². The molecule has 0 heterocycles. The van der Waals surface area contributed by atoms with Crippen molar-refractivity contribution in [2.24, 2.45) is 0 Å². The van der Waals surface area contributed by atoms with Crippen molar-refractivity contribution >= 4 is 38.5 Å². The van der Waals surface area contributed by atoms with Crippen LogP contribution in [0.15, 0.2) is 46.9 Å². The van der Waals surface area contributed by atoms with Gasteiger partial charge < -0.3 is 5.32 Å². The number of halogens is 3. The summed E-state index contributed by atoms with van der Waals surface area (Å²) in [7, 11) is 0. The van der Waals surface area contributed by atoms with Gasteiger partial charge in [-0.05, 0) is 87.2 Å². The highest BCUT2D eigenvalue weighted by Gasteiger charge is 2.14. The Balaban J connectivity index is 2.24. The Morgan fingerprint density at radius 2 is 2.00 bits per heavy atom. The Labute approximate surface area is 147 Å². The van der Waals surface area contributed by atoms with Gasteiger partial charge in [-0.15, -0.1) is 0 Å². The molecule has 1 nitrogen and oxygen atoms in total. The molecule has 1 unspecified atom stereocenters. The summed E-state index contributed by atoms with van der Waals surface area (Å²) >= 11 is 5.64. The third-order valence-electron chi connectivity index (χ3n) is 3.35. The second-order valence-corrected chi connectivity index (χ2v) is 7.00. The average molecular weight is 462 g/mol. The molecule has 21 heavy (non-hydrogen) atoms. The van der Waals surface area contributed by atoms with Crippen LogP contribution in [-0.2, 0) is 6.42 Å². The highest BCUT2D eigenvalue weighted by Crippen LogP contribution is 2.25. The Bertz CT molecular complexity index is 603. The molecule has 1 atom stereocenters. The quantitative estimate of drug-likeness (QED) is 0.562. The molecule has 4 heteroatoms. The third kappa shape index (κ3) is 4.76. The zero-order chi connectivity index (χ0) is 15.2. The van der Waals surface area contributed by atoms with Gasteiger partial charge in [0.2, 0.25) is 0 Å². The molecule has 0 saturated carbocycles. The monoisotopic (exact) mass is 461 g/mol. The molecule has 0 saturated heterocycles. The highest BCUT2D eigenvalue weighted by atomic mass is 127. The van der Waals surface area contributed by atoms with Gasteiger partial charge in [-0.2, -0.15) is 0 Å². The van der Waals surface area contributed by atoms with Gasteiger partial charge in [0.25, 0.3) is 0 Å². The van der Waals surface area contributed by atoms with E-state index >= 15 is 0 Å². The van der Waals surface area contributed by atoms with Crippen LogP contribution in [0, 0.1) is 9.39 Å². The molecule has 0 fully saturated rings. The molecule has 112 valence electrons. The number of benzene rings is 2. The molecule has 2 aromatic rings. The van der Waals surface area contributed by atoms with Crippen LogP contribution in [0.5, 0.6) is 0 Å². The van der Waals surface area contributed by atoms with Crippen LogP contribution in [-0.4, -0.2) is 6.54 Å². The maximum atomic E-state index is 13.4. The largest absolute Gasteiger partial charge is 0.310 e. The van der Waals surface area contributed by atoms with E-state index < -0.39 is 0 Å². The summed E-state index contributed by atoms with van der Waals surface area (Å²) in [6, 6.07) is 13.9. The van der Waals surface area contributed by atoms with Crippen molar-refractivity contribution in [1.82, 2.24) is 5.32 Å². The first-order chi connectivity index (χ1) is 10.1. The van der Waals surface area contributed by atoms with Gasteiger partial charge in [-0.25, -0.2) is 4.39 Å². The lowest BCUT2D eigenvalue weighted by Gasteiger charge is -2.20. The first-order valence-corrected chi connectivity index (χ1v) is 8.90. The van der Waals surface area contributed by atoms with Crippen molar-refractivity contribution in [3.05, 3.63) is 67.5 Å². The first-order valence-electron chi connectivity index (χ1n) is 7.03. The number of hydrogen-bond donors (Lipinski definition) is 1. The smallest absolute Gasteiger partial charge is 0.137 e. The molecule has 0 bridgehead atoms. The minimum absolute atomic E-state index is 0.217. The molecule has 0 spiro atoms. The predicted molar refractivity (Wildman–Crippen MR) is 98.0 cm³/mol. The summed E-state index contributed by atoms with van der Waals surface area (Å²) in [5, 5.41) is 3.60. The van der Waals surface area contributed by atoms with Crippen LogP contribution in [0.4, 0.5) is 4.39 Å². The van der Waals surface area contributed by atoms with Gasteiger partial charge >= 0.3 is 0 Å². The van der Waals surface area contributed by atoms with Gasteiger partial charge in [-0.3, -0.25) is 0 Å². The molecule has 2 rings (SSSR count). The third-order valence-corrected chi connectivity index (χ3v) is 4.94. The molecule has 0 aliphatic heterocycles. The van der Waals surface area contributed by atoms with E-state index in [2.05, 4.69) is 75.0 Å². The van der Waals surface area contributed by atoms with Crippen LogP contribution >= 0.6 is 38.5 Å². The predicted octanol–water partition coefficient (Wildman–Crippen LogP) is 5.48. The molecule has 0 amide bonds. The Morgan fingerprint density at radius 1 is 1.24 bits per heavy atom. The summed E-state index contributed by atoms with van der Waals surface area (Å²) in [6.45, 7) is 3.13. The Hall–Kier alpha value is -0.460. The zero-order valence-electron chi connectivity index (χ0n) is 11.9. The fourth-order valence-corrected chi connectivity index (χ4v) is 3.46. The number of hydrogen-bond acceptors (Lipinski definition) is 1. The van der Waals surface area contributed by atoms with E-state index in [9.17, 15) is 4.39 Å². The van der Waals surface area contributed by atoms with E-state index in [1.54, 1.807) is 0 Å². The SMILES string of the molecule is CCCNC(Cc1ccc(F)c(Br)c1)c1ccccc1I. The first kappa shape index (κ1) is 16.9. The normalized spacial score (nSPS) is 12.4. The summed E-state index contributed by atoms with van der Waals surface area (Å²) < 4.78 is 15.1. The van der Waals surface area contributed by atoms with E-state index in [0.29, 0.717) is 4.47 Å².